The summed E-state index contributed by atoms with van der Waals surface area (Å²) in [7, 11) is 1.68. The molecule has 1 aromatic heterocycles. The summed E-state index contributed by atoms with van der Waals surface area (Å²) in [6, 6.07) is 16.0. The molecule has 31 heavy (non-hydrogen) atoms. The average molecular weight is 421 g/mol. The quantitative estimate of drug-likeness (QED) is 0.627. The number of nitrogens with zero attached hydrogens (tertiary/aromatic N) is 3. The van der Waals surface area contributed by atoms with Gasteiger partial charge < -0.3 is 19.4 Å². The first-order valence-corrected chi connectivity index (χ1v) is 10.7. The maximum absolute atomic E-state index is 12.5. The van der Waals surface area contributed by atoms with Crippen molar-refractivity contribution in [3.05, 3.63) is 60.0 Å². The van der Waals surface area contributed by atoms with Crippen molar-refractivity contribution in [3.63, 3.8) is 0 Å². The molecule has 3 aromatic rings. The van der Waals surface area contributed by atoms with E-state index in [1.165, 1.54) is 5.56 Å². The number of hydrogen-bond donors (Lipinski definition) is 1. The molecule has 1 fully saturated rings. The first kappa shape index (κ1) is 20.9. The van der Waals surface area contributed by atoms with Crippen LogP contribution >= 0.6 is 0 Å². The van der Waals surface area contributed by atoms with Gasteiger partial charge in [-0.2, -0.15) is 0 Å². The number of rotatable bonds is 7. The summed E-state index contributed by atoms with van der Waals surface area (Å²) in [5, 5.41) is 11.3. The molecule has 0 aliphatic carbocycles. The molecule has 7 heteroatoms. The van der Waals surface area contributed by atoms with E-state index >= 15 is 0 Å². The van der Waals surface area contributed by atoms with E-state index in [4.69, 9.17) is 9.15 Å². The van der Waals surface area contributed by atoms with Gasteiger partial charge in [-0.05, 0) is 44.0 Å². The summed E-state index contributed by atoms with van der Waals surface area (Å²) in [4.78, 5) is 14.8. The lowest BCUT2D eigenvalue weighted by Gasteiger charge is -2.35. The predicted octanol–water partition coefficient (Wildman–Crippen LogP) is 3.77. The summed E-state index contributed by atoms with van der Waals surface area (Å²) < 4.78 is 11.2. The molecule has 1 aliphatic rings. The predicted molar refractivity (Wildman–Crippen MR) is 119 cm³/mol. The molecule has 1 atom stereocenters. The van der Waals surface area contributed by atoms with Gasteiger partial charge in [-0.1, -0.05) is 29.8 Å². The normalized spacial score (nSPS) is 16.2. The van der Waals surface area contributed by atoms with Crippen molar-refractivity contribution in [1.82, 2.24) is 15.5 Å². The molecule has 0 radical (unpaired) electrons. The summed E-state index contributed by atoms with van der Waals surface area (Å²) >= 11 is 0. The molecule has 162 valence electrons. The van der Waals surface area contributed by atoms with Crippen LogP contribution in [0, 0.1) is 6.92 Å². The molecule has 2 heterocycles. The van der Waals surface area contributed by atoms with Gasteiger partial charge in [0.05, 0.1) is 12.8 Å². The number of benzene rings is 2. The van der Waals surface area contributed by atoms with Gasteiger partial charge in [0, 0.05) is 37.5 Å². The van der Waals surface area contributed by atoms with E-state index in [1.807, 2.05) is 49.4 Å². The third-order valence-electron chi connectivity index (χ3n) is 5.54. The number of anilines is 1. The van der Waals surface area contributed by atoms with Gasteiger partial charge in [-0.25, -0.2) is 0 Å². The molecule has 0 bridgehead atoms. The first-order valence-electron chi connectivity index (χ1n) is 10.7. The number of nitrogens with one attached hydrogen (secondary N) is 1. The molecule has 1 unspecified atom stereocenters. The SMILES string of the molecule is COc1ccccc1N1CCCC(NC(=O)CCc2nnc(-c3ccc(C)cc3)o2)C1. The van der Waals surface area contributed by atoms with Crippen LogP contribution in [-0.4, -0.2) is 42.3 Å². The lowest BCUT2D eigenvalue weighted by atomic mass is 10.0. The number of methoxy groups -OCH3 is 1. The number of piperidine rings is 1. The standard InChI is InChI=1S/C24H28N4O3/c1-17-9-11-18(12-10-17)24-27-26-23(31-24)14-13-22(29)25-19-6-5-15-28(16-19)20-7-3-4-8-21(20)30-2/h3-4,7-12,19H,5-6,13-16H2,1-2H3,(H,25,29). The topological polar surface area (TPSA) is 80.5 Å². The first-order chi connectivity index (χ1) is 15.1. The van der Waals surface area contributed by atoms with Crippen molar-refractivity contribution >= 4 is 11.6 Å². The highest BCUT2D eigenvalue weighted by molar-refractivity contribution is 5.76. The Labute approximate surface area is 182 Å². The fourth-order valence-electron chi connectivity index (χ4n) is 3.89. The van der Waals surface area contributed by atoms with Crippen LogP contribution in [0.1, 0.15) is 30.7 Å². The van der Waals surface area contributed by atoms with Crippen molar-refractivity contribution < 1.29 is 13.9 Å². The molecule has 4 rings (SSSR count). The average Bonchev–Trinajstić information content (AvgIpc) is 3.27. The monoisotopic (exact) mass is 420 g/mol. The summed E-state index contributed by atoms with van der Waals surface area (Å²) in [5.41, 5.74) is 3.12. The molecule has 0 saturated carbocycles. The fraction of sp³-hybridized carbons (Fsp3) is 0.375. The lowest BCUT2D eigenvalue weighted by Crippen LogP contribution is -2.48. The minimum atomic E-state index is 0.00182. The van der Waals surface area contributed by atoms with E-state index in [0.717, 1.165) is 42.9 Å². The highest BCUT2D eigenvalue weighted by Crippen LogP contribution is 2.30. The largest absolute Gasteiger partial charge is 0.495 e. The summed E-state index contributed by atoms with van der Waals surface area (Å²) in [6.07, 6.45) is 2.73. The maximum atomic E-state index is 12.5. The number of aromatic nitrogens is 2. The van der Waals surface area contributed by atoms with Gasteiger partial charge in [0.2, 0.25) is 17.7 Å². The van der Waals surface area contributed by atoms with Gasteiger partial charge >= 0.3 is 0 Å². The van der Waals surface area contributed by atoms with Crippen LogP contribution in [0.15, 0.2) is 52.9 Å². The second-order valence-electron chi connectivity index (χ2n) is 7.89. The zero-order valence-electron chi connectivity index (χ0n) is 18.0. The van der Waals surface area contributed by atoms with Crippen molar-refractivity contribution in [2.75, 3.05) is 25.1 Å². The molecule has 1 amide bonds. The third-order valence-corrected chi connectivity index (χ3v) is 5.54. The van der Waals surface area contributed by atoms with Gasteiger partial charge in [0.15, 0.2) is 0 Å². The molecular formula is C24H28N4O3. The minimum absolute atomic E-state index is 0.00182. The van der Waals surface area contributed by atoms with Gasteiger partial charge in [-0.15, -0.1) is 10.2 Å². The van der Waals surface area contributed by atoms with Crippen LogP contribution in [0.5, 0.6) is 5.75 Å². The Bertz CT molecular complexity index is 1020. The number of amides is 1. The highest BCUT2D eigenvalue weighted by atomic mass is 16.5. The van der Waals surface area contributed by atoms with Crippen molar-refractivity contribution in [3.8, 4) is 17.2 Å². The second kappa shape index (κ2) is 9.64. The third kappa shape index (κ3) is 5.23. The van der Waals surface area contributed by atoms with Crippen molar-refractivity contribution in [1.29, 1.82) is 0 Å². The Morgan fingerprint density at radius 2 is 2.00 bits per heavy atom. The van der Waals surface area contributed by atoms with Crippen LogP contribution in [0.2, 0.25) is 0 Å². The zero-order valence-corrected chi connectivity index (χ0v) is 18.0. The zero-order chi connectivity index (χ0) is 21.6. The molecule has 0 spiro atoms. The van der Waals surface area contributed by atoms with Crippen LogP contribution in [0.25, 0.3) is 11.5 Å². The molecule has 1 saturated heterocycles. The number of hydrogen-bond acceptors (Lipinski definition) is 6. The van der Waals surface area contributed by atoms with E-state index in [1.54, 1.807) is 7.11 Å². The maximum Gasteiger partial charge on any atom is 0.247 e. The molecular weight excluding hydrogens is 392 g/mol. The van der Waals surface area contributed by atoms with E-state index in [-0.39, 0.29) is 11.9 Å². The van der Waals surface area contributed by atoms with E-state index < -0.39 is 0 Å². The summed E-state index contributed by atoms with van der Waals surface area (Å²) in [5.74, 6) is 1.82. The Morgan fingerprint density at radius 1 is 1.19 bits per heavy atom. The molecule has 7 nitrogen and oxygen atoms in total. The Hall–Kier alpha value is -3.35. The van der Waals surface area contributed by atoms with Crippen LogP contribution in [0.3, 0.4) is 0 Å². The second-order valence-corrected chi connectivity index (χ2v) is 7.89. The molecule has 1 aliphatic heterocycles. The van der Waals surface area contributed by atoms with Gasteiger partial charge in [-0.3, -0.25) is 4.79 Å². The molecule has 2 aromatic carbocycles. The van der Waals surface area contributed by atoms with E-state index in [9.17, 15) is 4.79 Å². The Balaban J connectivity index is 1.29. The van der Waals surface area contributed by atoms with Gasteiger partial charge in [0.1, 0.15) is 5.75 Å². The molecule has 1 N–H and O–H groups in total. The number of carbonyl (C=O) groups excluding carboxylic acids is 1. The number of para-hydroxylation sites is 2. The van der Waals surface area contributed by atoms with Crippen molar-refractivity contribution in [2.24, 2.45) is 0 Å². The lowest BCUT2D eigenvalue weighted by molar-refractivity contribution is -0.121. The summed E-state index contributed by atoms with van der Waals surface area (Å²) in [6.45, 7) is 3.75. The van der Waals surface area contributed by atoms with Crippen LogP contribution in [0.4, 0.5) is 5.69 Å². The Morgan fingerprint density at radius 3 is 2.81 bits per heavy atom. The van der Waals surface area contributed by atoms with Crippen molar-refractivity contribution in [2.45, 2.75) is 38.6 Å². The Kier molecular flexibility index (Phi) is 6.50. The fourth-order valence-corrected chi connectivity index (χ4v) is 3.89. The van der Waals surface area contributed by atoms with Gasteiger partial charge in [0.25, 0.3) is 0 Å². The van der Waals surface area contributed by atoms with E-state index in [0.29, 0.717) is 24.6 Å². The highest BCUT2D eigenvalue weighted by Gasteiger charge is 2.23. The number of ether oxygens (including phenoxy) is 1. The number of aryl methyl sites for hydroxylation is 2. The van der Waals surface area contributed by atoms with Crippen LogP contribution < -0.4 is 15.0 Å². The smallest absolute Gasteiger partial charge is 0.247 e. The number of carbonyl (C=O) groups is 1. The minimum Gasteiger partial charge on any atom is -0.495 e. The van der Waals surface area contributed by atoms with E-state index in [2.05, 4.69) is 26.5 Å². The van der Waals surface area contributed by atoms with Crippen LogP contribution in [-0.2, 0) is 11.2 Å².